The Morgan fingerprint density at radius 2 is 2.03 bits per heavy atom. The molecule has 0 aliphatic rings. The van der Waals surface area contributed by atoms with Crippen molar-refractivity contribution < 1.29 is 26.7 Å². The Balaban J connectivity index is 1.88. The van der Waals surface area contributed by atoms with Gasteiger partial charge in [-0.1, -0.05) is 13.8 Å². The number of ether oxygens (including phenoxy) is 1. The summed E-state index contributed by atoms with van der Waals surface area (Å²) >= 11 is 0. The molecule has 1 aromatic carbocycles. The fourth-order valence-corrected chi connectivity index (χ4v) is 4.15. The number of anilines is 2. The summed E-state index contributed by atoms with van der Waals surface area (Å²) in [6.07, 6.45) is 2.66. The Kier molecular flexibility index (Phi) is 5.87. The van der Waals surface area contributed by atoms with Crippen molar-refractivity contribution in [3.05, 3.63) is 47.8 Å². The van der Waals surface area contributed by atoms with Crippen LogP contribution < -0.4 is 14.8 Å². The highest BCUT2D eigenvalue weighted by atomic mass is 32.2. The SMILES string of the molecule is COc1cc2ncc(NC(=O)c3c(F)ccc(NS(=O)(=O)CC(C)C)c3F)cn2n1. The van der Waals surface area contributed by atoms with Crippen LogP contribution in [0.25, 0.3) is 5.65 Å². The number of halogens is 2. The highest BCUT2D eigenvalue weighted by Crippen LogP contribution is 2.24. The Bertz CT molecular complexity index is 1210. The van der Waals surface area contributed by atoms with Gasteiger partial charge in [-0.25, -0.2) is 26.7 Å². The molecule has 30 heavy (non-hydrogen) atoms. The lowest BCUT2D eigenvalue weighted by molar-refractivity contribution is 0.101. The van der Waals surface area contributed by atoms with Gasteiger partial charge in [-0.3, -0.25) is 9.52 Å². The first-order valence-electron chi connectivity index (χ1n) is 8.79. The molecule has 0 fully saturated rings. The zero-order chi connectivity index (χ0) is 22.1. The van der Waals surface area contributed by atoms with E-state index >= 15 is 0 Å². The minimum atomic E-state index is -3.87. The predicted octanol–water partition coefficient (Wildman–Crippen LogP) is 2.67. The van der Waals surface area contributed by atoms with Crippen LogP contribution in [0.3, 0.4) is 0 Å². The molecule has 2 aromatic heterocycles. The average Bonchev–Trinajstić information content (AvgIpc) is 3.05. The van der Waals surface area contributed by atoms with Crippen LogP contribution in [-0.4, -0.2) is 41.8 Å². The summed E-state index contributed by atoms with van der Waals surface area (Å²) in [4.78, 5) is 16.6. The van der Waals surface area contributed by atoms with Crippen molar-refractivity contribution >= 4 is 33.0 Å². The number of rotatable bonds is 7. The number of carbonyl (C=O) groups excluding carboxylic acids is 1. The molecule has 0 radical (unpaired) electrons. The van der Waals surface area contributed by atoms with Crippen LogP contribution in [0.5, 0.6) is 5.88 Å². The molecule has 2 heterocycles. The number of benzene rings is 1. The summed E-state index contributed by atoms with van der Waals surface area (Å²) in [5.74, 6) is -3.76. The Morgan fingerprint density at radius 3 is 2.70 bits per heavy atom. The second kappa shape index (κ2) is 8.22. The van der Waals surface area contributed by atoms with Gasteiger partial charge in [0.15, 0.2) is 11.5 Å². The number of aromatic nitrogens is 3. The van der Waals surface area contributed by atoms with E-state index in [1.54, 1.807) is 19.9 Å². The fraction of sp³-hybridized carbons (Fsp3) is 0.278. The maximum atomic E-state index is 14.8. The maximum absolute atomic E-state index is 14.8. The highest BCUT2D eigenvalue weighted by Gasteiger charge is 2.24. The lowest BCUT2D eigenvalue weighted by Crippen LogP contribution is -2.22. The standard InChI is InChI=1S/C18H19F2N5O4S/c1-10(2)9-30(27,28)24-13-5-4-12(19)16(17(13)20)18(26)22-11-7-21-14-6-15(29-3)23-25(14)8-11/h4-8,10,24H,9H2,1-3H3,(H,22,26). The average molecular weight is 439 g/mol. The number of hydrogen-bond acceptors (Lipinski definition) is 6. The third-order valence-electron chi connectivity index (χ3n) is 3.89. The van der Waals surface area contributed by atoms with E-state index < -0.39 is 38.8 Å². The zero-order valence-electron chi connectivity index (χ0n) is 16.3. The summed E-state index contributed by atoms with van der Waals surface area (Å²) in [5, 5.41) is 6.36. The molecule has 160 valence electrons. The number of nitrogens with one attached hydrogen (secondary N) is 2. The number of carbonyl (C=O) groups is 1. The molecule has 0 bridgehead atoms. The van der Waals surface area contributed by atoms with Gasteiger partial charge in [0, 0.05) is 6.07 Å². The van der Waals surface area contributed by atoms with E-state index in [1.165, 1.54) is 24.0 Å². The second-order valence-corrected chi connectivity index (χ2v) is 8.61. The first-order chi connectivity index (χ1) is 14.1. The number of amides is 1. The van der Waals surface area contributed by atoms with Crippen molar-refractivity contribution in [2.45, 2.75) is 13.8 Å². The van der Waals surface area contributed by atoms with Crippen molar-refractivity contribution in [3.63, 3.8) is 0 Å². The molecule has 1 amide bonds. The highest BCUT2D eigenvalue weighted by molar-refractivity contribution is 7.92. The van der Waals surface area contributed by atoms with Crippen LogP contribution in [0.1, 0.15) is 24.2 Å². The molecule has 0 spiro atoms. The molecule has 12 heteroatoms. The molecule has 3 rings (SSSR count). The van der Waals surface area contributed by atoms with Gasteiger partial charge in [0.2, 0.25) is 15.9 Å². The topological polar surface area (TPSA) is 115 Å². The third-order valence-corrected chi connectivity index (χ3v) is 5.53. The summed E-state index contributed by atoms with van der Waals surface area (Å²) < 4.78 is 61.5. The number of methoxy groups -OCH3 is 1. The second-order valence-electron chi connectivity index (χ2n) is 6.85. The van der Waals surface area contributed by atoms with Crippen molar-refractivity contribution in [2.24, 2.45) is 5.92 Å². The van der Waals surface area contributed by atoms with Gasteiger partial charge in [-0.15, -0.1) is 5.10 Å². The molecule has 3 aromatic rings. The zero-order valence-corrected chi connectivity index (χ0v) is 17.1. The Labute approximate surface area is 171 Å². The van der Waals surface area contributed by atoms with Crippen LogP contribution >= 0.6 is 0 Å². The van der Waals surface area contributed by atoms with Gasteiger partial charge in [-0.05, 0) is 18.1 Å². The van der Waals surface area contributed by atoms with Crippen molar-refractivity contribution in [1.29, 1.82) is 0 Å². The van der Waals surface area contributed by atoms with E-state index in [0.29, 0.717) is 11.5 Å². The summed E-state index contributed by atoms with van der Waals surface area (Å²) in [5.41, 5.74) is -0.905. The smallest absolute Gasteiger partial charge is 0.261 e. The maximum Gasteiger partial charge on any atom is 0.261 e. The van der Waals surface area contributed by atoms with E-state index in [9.17, 15) is 22.0 Å². The fourth-order valence-electron chi connectivity index (χ4n) is 2.70. The van der Waals surface area contributed by atoms with Crippen molar-refractivity contribution in [2.75, 3.05) is 22.9 Å². The minimum Gasteiger partial charge on any atom is -0.480 e. The van der Waals surface area contributed by atoms with Crippen LogP contribution in [0.2, 0.25) is 0 Å². The molecule has 0 saturated carbocycles. The van der Waals surface area contributed by atoms with Gasteiger partial charge in [0.1, 0.15) is 11.4 Å². The first kappa shape index (κ1) is 21.4. The largest absolute Gasteiger partial charge is 0.480 e. The molecule has 9 nitrogen and oxygen atoms in total. The molecule has 0 unspecified atom stereocenters. The quantitative estimate of drug-likeness (QED) is 0.585. The van der Waals surface area contributed by atoms with Crippen LogP contribution in [0.4, 0.5) is 20.2 Å². The summed E-state index contributed by atoms with van der Waals surface area (Å²) in [6, 6.07) is 3.28. The van der Waals surface area contributed by atoms with Crippen LogP contribution in [0.15, 0.2) is 30.6 Å². The number of sulfonamides is 1. The van der Waals surface area contributed by atoms with E-state index in [4.69, 9.17) is 4.74 Å². The van der Waals surface area contributed by atoms with E-state index in [0.717, 1.165) is 12.1 Å². The van der Waals surface area contributed by atoms with Crippen molar-refractivity contribution in [1.82, 2.24) is 14.6 Å². The third kappa shape index (κ3) is 4.64. The molecule has 2 N–H and O–H groups in total. The predicted molar refractivity (Wildman–Crippen MR) is 106 cm³/mol. The summed E-state index contributed by atoms with van der Waals surface area (Å²) in [7, 11) is -2.44. The lowest BCUT2D eigenvalue weighted by atomic mass is 10.1. The number of nitrogens with zero attached hydrogens (tertiary/aromatic N) is 3. The molecular formula is C18H19F2N5O4S. The van der Waals surface area contributed by atoms with E-state index in [-0.39, 0.29) is 17.4 Å². The number of fused-ring (bicyclic) bond motifs is 1. The Hall–Kier alpha value is -3.28. The molecule has 0 saturated heterocycles. The van der Waals surface area contributed by atoms with Crippen LogP contribution in [-0.2, 0) is 10.0 Å². The number of hydrogen-bond donors (Lipinski definition) is 2. The van der Waals surface area contributed by atoms with Gasteiger partial charge in [0.25, 0.3) is 5.91 Å². The van der Waals surface area contributed by atoms with Gasteiger partial charge >= 0.3 is 0 Å². The van der Waals surface area contributed by atoms with Crippen molar-refractivity contribution in [3.8, 4) is 5.88 Å². The molecule has 0 aliphatic carbocycles. The Morgan fingerprint density at radius 1 is 1.30 bits per heavy atom. The van der Waals surface area contributed by atoms with Gasteiger partial charge < -0.3 is 10.1 Å². The summed E-state index contributed by atoms with van der Waals surface area (Å²) in [6.45, 7) is 3.36. The lowest BCUT2D eigenvalue weighted by Gasteiger charge is -2.13. The molecule has 0 aliphatic heterocycles. The normalized spacial score (nSPS) is 11.7. The first-order valence-corrected chi connectivity index (χ1v) is 10.4. The van der Waals surface area contributed by atoms with Gasteiger partial charge in [-0.2, -0.15) is 0 Å². The molecular weight excluding hydrogens is 420 g/mol. The van der Waals surface area contributed by atoms with E-state index in [2.05, 4.69) is 15.4 Å². The molecule has 0 atom stereocenters. The minimum absolute atomic E-state index is 0.114. The van der Waals surface area contributed by atoms with Gasteiger partial charge in [0.05, 0.1) is 36.6 Å². The van der Waals surface area contributed by atoms with E-state index in [1.807, 2.05) is 4.72 Å². The van der Waals surface area contributed by atoms with Crippen LogP contribution in [0, 0.1) is 17.6 Å². The monoisotopic (exact) mass is 439 g/mol.